The third-order valence-corrected chi connectivity index (χ3v) is 30.3. The molecule has 0 aliphatic rings. The zero-order valence-corrected chi connectivity index (χ0v) is 70.3. The molecule has 3 atom stereocenters. The molecule has 0 fully saturated rings. The first-order valence-electron chi connectivity index (χ1n) is 38.6. The monoisotopic (exact) mass is 1670 g/mol. The van der Waals surface area contributed by atoms with Gasteiger partial charge in [-0.3, -0.25) is 0 Å². The van der Waals surface area contributed by atoms with Crippen molar-refractivity contribution in [1.29, 1.82) is 0 Å². The van der Waals surface area contributed by atoms with E-state index in [-0.39, 0.29) is 33.4 Å². The van der Waals surface area contributed by atoms with Gasteiger partial charge < -0.3 is 0 Å². The molecule has 0 saturated carbocycles. The van der Waals surface area contributed by atoms with Gasteiger partial charge in [0.1, 0.15) is 27.6 Å². The van der Waals surface area contributed by atoms with E-state index in [0.717, 1.165) is 83.9 Å². The van der Waals surface area contributed by atoms with E-state index in [1.54, 1.807) is 23.9 Å². The van der Waals surface area contributed by atoms with Crippen LogP contribution in [0.4, 0.5) is 8.78 Å². The molecule has 18 rings (SSSR count). The molecule has 18 aromatic carbocycles. The number of benzene rings is 18. The standard InChI is InChI=1S/C36H25Cl2S2.C36H25F2S2.C36H27S2/c2*37-33-24-28(26-10-4-1-5-11-26)16-22-35(33)39-30-18-20-32(21-19-30)40(31-14-8-3-9-15-31)36-23-17-29(25-34(36)38)27-12-6-2-7-13-27;1-4-12-28(13-5-1)30-16-10-18-33(26-30)37-32-22-24-35(25-23-32)38(34-19-8-3-9-20-34)36-21-11-17-31(27-36)29-14-6-2-7-15-29/h2*1-25H;1-27H/q3*+1. The van der Waals surface area contributed by atoms with Crippen LogP contribution in [-0.2, 0) is 32.7 Å². The van der Waals surface area contributed by atoms with Gasteiger partial charge in [0.05, 0.1) is 20.9 Å². The van der Waals surface area contributed by atoms with Gasteiger partial charge in [0, 0.05) is 35.4 Å². The fourth-order valence-corrected chi connectivity index (χ4v) is 23.2. The fraction of sp³-hybridized carbons (Fsp3) is 0. The average Bonchev–Trinajstić information content (AvgIpc) is 0.800. The first-order valence-corrected chi connectivity index (χ1v) is 45.5. The minimum absolute atomic E-state index is 0.191. The molecule has 0 spiro atoms. The SMILES string of the molecule is Clc1cc(-c2ccccc2)ccc1Sc1ccc([S+](c2ccccc2)c2ccc(-c3ccccc3)cc2Cl)cc1.Fc1cc(-c2ccccc2)ccc1Sc1ccc([S+](c2ccccc2)c2ccc(-c3ccccc3)cc2F)cc1.c1ccc(-c2cccc(Sc3ccc([S+](c4ccccc4)c4cccc(-c5ccccc5)c4)cc3)c2)cc1. The van der Waals surface area contributed by atoms with Crippen molar-refractivity contribution < 1.29 is 8.78 Å². The highest BCUT2D eigenvalue weighted by Gasteiger charge is 2.34. The molecule has 0 amide bonds. The van der Waals surface area contributed by atoms with Gasteiger partial charge in [-0.1, -0.05) is 331 Å². The Morgan fingerprint density at radius 3 is 0.847 bits per heavy atom. The van der Waals surface area contributed by atoms with Crippen LogP contribution in [0.15, 0.2) is 541 Å². The highest BCUT2D eigenvalue weighted by Crippen LogP contribution is 2.44. The summed E-state index contributed by atoms with van der Waals surface area (Å²) in [6, 6.07) is 160. The largest absolute Gasteiger partial charge is 0.206 e. The molecule has 0 nitrogen and oxygen atoms in total. The Balaban J connectivity index is 0.000000132. The summed E-state index contributed by atoms with van der Waals surface area (Å²) >= 11 is 18.6. The van der Waals surface area contributed by atoms with Crippen LogP contribution in [0.25, 0.3) is 66.8 Å². The van der Waals surface area contributed by atoms with Gasteiger partial charge >= 0.3 is 0 Å². The average molecular weight is 1680 g/mol. The lowest BCUT2D eigenvalue weighted by atomic mass is 10.1. The molecule has 0 radical (unpaired) electrons. The van der Waals surface area contributed by atoms with E-state index >= 15 is 8.78 Å². The summed E-state index contributed by atoms with van der Waals surface area (Å²) in [6.45, 7) is 0. The Hall–Kier alpha value is -11.5. The Morgan fingerprint density at radius 1 is 0.169 bits per heavy atom. The van der Waals surface area contributed by atoms with E-state index in [1.807, 2.05) is 182 Å². The molecular weight excluding hydrogens is 1600 g/mol. The molecule has 0 aliphatic heterocycles. The second kappa shape index (κ2) is 39.6. The quantitative estimate of drug-likeness (QED) is 0.0658. The number of halogens is 4. The van der Waals surface area contributed by atoms with Crippen LogP contribution in [0, 0.1) is 11.6 Å². The molecule has 10 heteroatoms. The van der Waals surface area contributed by atoms with Gasteiger partial charge in [-0.2, -0.15) is 0 Å². The van der Waals surface area contributed by atoms with Crippen LogP contribution in [0.5, 0.6) is 0 Å². The predicted octanol–water partition coefficient (Wildman–Crippen LogP) is 32.4. The minimum Gasteiger partial charge on any atom is -0.206 e. The van der Waals surface area contributed by atoms with Crippen molar-refractivity contribution in [2.24, 2.45) is 0 Å². The van der Waals surface area contributed by atoms with Gasteiger partial charge in [0.25, 0.3) is 0 Å². The second-order valence-electron chi connectivity index (χ2n) is 27.4. The van der Waals surface area contributed by atoms with Crippen molar-refractivity contribution in [2.75, 3.05) is 0 Å². The summed E-state index contributed by atoms with van der Waals surface area (Å²) in [5.74, 6) is -0.479. The van der Waals surface area contributed by atoms with Crippen molar-refractivity contribution in [1.82, 2.24) is 0 Å². The maximum Gasteiger partial charge on any atom is 0.202 e. The normalized spacial score (nSPS) is 11.7. The molecule has 570 valence electrons. The van der Waals surface area contributed by atoms with E-state index < -0.39 is 10.9 Å². The van der Waals surface area contributed by atoms with Crippen LogP contribution in [0.1, 0.15) is 0 Å². The van der Waals surface area contributed by atoms with E-state index in [9.17, 15) is 0 Å². The summed E-state index contributed by atoms with van der Waals surface area (Å²) in [5, 5.41) is 1.53. The van der Waals surface area contributed by atoms with Crippen molar-refractivity contribution in [3.05, 3.63) is 489 Å². The van der Waals surface area contributed by atoms with Gasteiger partial charge in [0.2, 0.25) is 4.90 Å². The second-order valence-corrected chi connectivity index (χ2v) is 37.6. The number of rotatable bonds is 21. The van der Waals surface area contributed by atoms with Gasteiger partial charge in [-0.15, -0.1) is 0 Å². The third kappa shape index (κ3) is 20.4. The van der Waals surface area contributed by atoms with Crippen LogP contribution >= 0.6 is 58.5 Å². The molecule has 0 aliphatic carbocycles. The third-order valence-electron chi connectivity index (χ3n) is 19.5. The number of hydrogen-bond acceptors (Lipinski definition) is 3. The van der Waals surface area contributed by atoms with Gasteiger partial charge in [0.15, 0.2) is 45.0 Å². The Kier molecular flexibility index (Phi) is 27.0. The van der Waals surface area contributed by atoms with Crippen molar-refractivity contribution >= 4 is 91.2 Å². The predicted molar refractivity (Wildman–Crippen MR) is 499 cm³/mol. The maximum atomic E-state index is 15.7. The van der Waals surface area contributed by atoms with Crippen LogP contribution in [0.3, 0.4) is 0 Å². The Morgan fingerprint density at radius 2 is 0.449 bits per heavy atom. The van der Waals surface area contributed by atoms with Crippen molar-refractivity contribution in [3.63, 3.8) is 0 Å². The highest BCUT2D eigenvalue weighted by molar-refractivity contribution is 8.00. The lowest BCUT2D eigenvalue weighted by molar-refractivity contribution is 0.601. The molecule has 0 saturated heterocycles. The molecule has 3 unspecified atom stereocenters. The molecule has 0 aromatic heterocycles. The summed E-state index contributed by atoms with van der Waals surface area (Å²) < 4.78 is 30.7. The number of hydrogen-bond donors (Lipinski definition) is 0. The van der Waals surface area contributed by atoms with Crippen LogP contribution < -0.4 is 0 Å². The highest BCUT2D eigenvalue weighted by atomic mass is 35.5. The maximum absolute atomic E-state index is 15.7. The summed E-state index contributed by atoms with van der Waals surface area (Å²) in [6.07, 6.45) is 0. The molecule has 118 heavy (non-hydrogen) atoms. The summed E-state index contributed by atoms with van der Waals surface area (Å²) in [7, 11) is -1.17. The van der Waals surface area contributed by atoms with Crippen molar-refractivity contribution in [3.8, 4) is 66.8 Å². The smallest absolute Gasteiger partial charge is 0.202 e. The van der Waals surface area contributed by atoms with E-state index in [4.69, 9.17) is 23.2 Å². The topological polar surface area (TPSA) is 0 Å². The zero-order chi connectivity index (χ0) is 80.2. The zero-order valence-electron chi connectivity index (χ0n) is 63.9. The Labute approximate surface area is 722 Å². The van der Waals surface area contributed by atoms with Gasteiger partial charge in [-0.05, 0) is 255 Å². The molecular formula is C108H77Cl2F2S6+3. The van der Waals surface area contributed by atoms with Crippen molar-refractivity contribution in [2.45, 2.75) is 73.4 Å². The van der Waals surface area contributed by atoms with Gasteiger partial charge in [-0.25, -0.2) is 8.78 Å². The van der Waals surface area contributed by atoms with E-state index in [0.29, 0.717) is 9.79 Å². The van der Waals surface area contributed by atoms with Crippen LogP contribution in [0.2, 0.25) is 10.0 Å². The molecule has 18 aromatic rings. The summed E-state index contributed by atoms with van der Waals surface area (Å²) in [4.78, 5) is 16.4. The Bertz CT molecular complexity index is 6020. The minimum atomic E-state index is -0.633. The van der Waals surface area contributed by atoms with Crippen LogP contribution in [-0.4, -0.2) is 0 Å². The van der Waals surface area contributed by atoms with E-state index in [1.165, 1.54) is 68.3 Å². The molecule has 0 heterocycles. The lowest BCUT2D eigenvalue weighted by Crippen LogP contribution is -2.07. The molecule has 0 bridgehead atoms. The summed E-state index contributed by atoms with van der Waals surface area (Å²) in [5.41, 5.74) is 13.2. The fourth-order valence-electron chi connectivity index (χ4n) is 13.7. The molecule has 0 N–H and O–H groups in total. The lowest BCUT2D eigenvalue weighted by Gasteiger charge is -2.12. The van der Waals surface area contributed by atoms with E-state index in [2.05, 4.69) is 285 Å². The first-order chi connectivity index (χ1) is 58.1. The first kappa shape index (κ1) is 80.3.